The van der Waals surface area contributed by atoms with E-state index < -0.39 is 42.0 Å². The Labute approximate surface area is 186 Å². The van der Waals surface area contributed by atoms with Crippen LogP contribution in [0.3, 0.4) is 0 Å². The molecule has 0 saturated carbocycles. The molecule has 3 unspecified atom stereocenters. The molecule has 0 aromatic carbocycles. The fraction of sp³-hybridized carbons (Fsp3) is 0.826. The van der Waals surface area contributed by atoms with Gasteiger partial charge < -0.3 is 20.7 Å². The van der Waals surface area contributed by atoms with Crippen molar-refractivity contribution in [2.24, 2.45) is 17.8 Å². The van der Waals surface area contributed by atoms with E-state index in [0.717, 1.165) is 19.3 Å². The van der Waals surface area contributed by atoms with Gasteiger partial charge in [-0.2, -0.15) is 0 Å². The molecule has 3 N–H and O–H groups in total. The van der Waals surface area contributed by atoms with Gasteiger partial charge in [-0.1, -0.05) is 54.4 Å². The number of hydrogen-bond acceptors (Lipinski definition) is 5. The third-order valence-corrected chi connectivity index (χ3v) is 5.63. The van der Waals surface area contributed by atoms with Crippen LogP contribution in [0.4, 0.5) is 0 Å². The summed E-state index contributed by atoms with van der Waals surface area (Å²) in [4.78, 5) is 51.2. The zero-order chi connectivity index (χ0) is 23.7. The number of carbonyl (C=O) groups is 4. The molecule has 178 valence electrons. The van der Waals surface area contributed by atoms with Gasteiger partial charge in [-0.3, -0.25) is 14.4 Å². The Balaban J connectivity index is 3.25. The molecule has 8 nitrogen and oxygen atoms in total. The SMILES string of the molecule is CCCCC(C)C1CC(=O)N[C@@H](C(C)C)C(=O)N[C@@H](C)C(=O)NC(CC(C)C)C(=O)O1. The molecular formula is C23H41N3O5. The standard InChI is InChI=1S/C23H41N3O5/c1-8-9-10-15(6)18-12-19(27)26-20(14(4)5)22(29)24-16(7)21(28)25-17(11-13(2)3)23(30)31-18/h13-18,20H,8-12H2,1-7H3,(H,24,29)(H,25,28)(H,26,27)/t15?,16-,17?,18?,20-/m0/s1. The van der Waals surface area contributed by atoms with E-state index >= 15 is 0 Å². The zero-order valence-electron chi connectivity index (χ0n) is 20.1. The molecule has 0 bridgehead atoms. The van der Waals surface area contributed by atoms with Gasteiger partial charge in [0, 0.05) is 0 Å². The Hall–Kier alpha value is -2.12. The fourth-order valence-electron chi connectivity index (χ4n) is 3.60. The number of amides is 3. The summed E-state index contributed by atoms with van der Waals surface area (Å²) in [7, 11) is 0. The van der Waals surface area contributed by atoms with Crippen LogP contribution in [0.1, 0.15) is 80.6 Å². The maximum atomic E-state index is 13.0. The summed E-state index contributed by atoms with van der Waals surface area (Å²) in [6.45, 7) is 13.2. The van der Waals surface area contributed by atoms with Crippen molar-refractivity contribution in [3.63, 3.8) is 0 Å². The number of hydrogen-bond donors (Lipinski definition) is 3. The number of unbranched alkanes of at least 4 members (excludes halogenated alkanes) is 1. The van der Waals surface area contributed by atoms with Crippen molar-refractivity contribution < 1.29 is 23.9 Å². The molecule has 0 aliphatic carbocycles. The van der Waals surface area contributed by atoms with Gasteiger partial charge in [0.05, 0.1) is 6.42 Å². The van der Waals surface area contributed by atoms with Gasteiger partial charge in [0.25, 0.3) is 0 Å². The van der Waals surface area contributed by atoms with E-state index in [0.29, 0.717) is 6.42 Å². The summed E-state index contributed by atoms with van der Waals surface area (Å²) in [5, 5.41) is 8.15. The maximum Gasteiger partial charge on any atom is 0.328 e. The zero-order valence-corrected chi connectivity index (χ0v) is 20.1. The Morgan fingerprint density at radius 3 is 2.16 bits per heavy atom. The third-order valence-electron chi connectivity index (χ3n) is 5.63. The number of cyclic esters (lactones) is 1. The molecule has 1 aliphatic rings. The molecule has 31 heavy (non-hydrogen) atoms. The smallest absolute Gasteiger partial charge is 0.328 e. The van der Waals surface area contributed by atoms with Crippen molar-refractivity contribution in [2.75, 3.05) is 0 Å². The Morgan fingerprint density at radius 2 is 1.61 bits per heavy atom. The predicted octanol–water partition coefficient (Wildman–Crippen LogP) is 2.30. The fourth-order valence-corrected chi connectivity index (χ4v) is 3.60. The third kappa shape index (κ3) is 8.87. The summed E-state index contributed by atoms with van der Waals surface area (Å²) in [5.74, 6) is -1.82. The second-order valence-electron chi connectivity index (χ2n) is 9.51. The van der Waals surface area contributed by atoms with Crippen molar-refractivity contribution >= 4 is 23.7 Å². The van der Waals surface area contributed by atoms with Crippen LogP contribution in [0, 0.1) is 17.8 Å². The highest BCUT2D eigenvalue weighted by atomic mass is 16.5. The second-order valence-corrected chi connectivity index (χ2v) is 9.51. The largest absolute Gasteiger partial charge is 0.460 e. The van der Waals surface area contributed by atoms with Crippen molar-refractivity contribution in [3.8, 4) is 0 Å². The molecule has 1 fully saturated rings. The molecule has 1 saturated heterocycles. The Bertz CT molecular complexity index is 635. The van der Waals surface area contributed by atoms with E-state index in [1.54, 1.807) is 6.92 Å². The van der Waals surface area contributed by atoms with Crippen molar-refractivity contribution in [1.82, 2.24) is 16.0 Å². The lowest BCUT2D eigenvalue weighted by molar-refractivity contribution is -0.157. The molecular weight excluding hydrogens is 398 g/mol. The summed E-state index contributed by atoms with van der Waals surface area (Å²) < 4.78 is 5.79. The number of ether oxygens (including phenoxy) is 1. The molecule has 0 aromatic heterocycles. The minimum absolute atomic E-state index is 0.0228. The Kier molecular flexibility index (Phi) is 11.0. The van der Waals surface area contributed by atoms with Gasteiger partial charge in [-0.05, 0) is 37.5 Å². The maximum absolute atomic E-state index is 13.0. The van der Waals surface area contributed by atoms with E-state index in [4.69, 9.17) is 4.74 Å². The molecule has 0 aromatic rings. The summed E-state index contributed by atoms with van der Waals surface area (Å²) in [6.07, 6.45) is 2.52. The molecule has 3 amide bonds. The topological polar surface area (TPSA) is 114 Å². The highest BCUT2D eigenvalue weighted by Crippen LogP contribution is 2.20. The summed E-state index contributed by atoms with van der Waals surface area (Å²) in [6, 6.07) is -2.47. The van der Waals surface area contributed by atoms with Crippen molar-refractivity contribution in [1.29, 1.82) is 0 Å². The minimum Gasteiger partial charge on any atom is -0.460 e. The van der Waals surface area contributed by atoms with Crippen LogP contribution in [0.5, 0.6) is 0 Å². The first-order chi connectivity index (χ1) is 14.5. The first-order valence-corrected chi connectivity index (χ1v) is 11.6. The van der Waals surface area contributed by atoms with E-state index in [1.165, 1.54) is 0 Å². The summed E-state index contributed by atoms with van der Waals surface area (Å²) >= 11 is 0. The van der Waals surface area contributed by atoms with E-state index in [2.05, 4.69) is 22.9 Å². The highest BCUT2D eigenvalue weighted by Gasteiger charge is 2.34. The van der Waals surface area contributed by atoms with Crippen LogP contribution in [0.2, 0.25) is 0 Å². The quantitative estimate of drug-likeness (QED) is 0.527. The van der Waals surface area contributed by atoms with Gasteiger partial charge in [0.1, 0.15) is 24.2 Å². The number of rotatable bonds is 7. The molecule has 1 rings (SSSR count). The van der Waals surface area contributed by atoms with E-state index in [-0.39, 0.29) is 30.1 Å². The minimum atomic E-state index is -0.854. The number of nitrogens with one attached hydrogen (secondary N) is 3. The van der Waals surface area contributed by atoms with E-state index in [1.807, 2.05) is 34.6 Å². The first-order valence-electron chi connectivity index (χ1n) is 11.6. The molecule has 5 atom stereocenters. The van der Waals surface area contributed by atoms with E-state index in [9.17, 15) is 19.2 Å². The van der Waals surface area contributed by atoms with Crippen molar-refractivity contribution in [3.05, 3.63) is 0 Å². The molecule has 1 heterocycles. The van der Waals surface area contributed by atoms with Gasteiger partial charge >= 0.3 is 5.97 Å². The van der Waals surface area contributed by atoms with Gasteiger partial charge in [-0.25, -0.2) is 4.79 Å². The average molecular weight is 440 g/mol. The number of carbonyl (C=O) groups excluding carboxylic acids is 4. The molecule has 8 heteroatoms. The highest BCUT2D eigenvalue weighted by molar-refractivity contribution is 5.93. The lowest BCUT2D eigenvalue weighted by atomic mass is 9.94. The second kappa shape index (κ2) is 12.7. The van der Waals surface area contributed by atoms with Crippen LogP contribution in [-0.2, 0) is 23.9 Å². The monoisotopic (exact) mass is 439 g/mol. The lowest BCUT2D eigenvalue weighted by Crippen LogP contribution is -2.55. The normalized spacial score (nSPS) is 27.4. The molecule has 1 aliphatic heterocycles. The van der Waals surface area contributed by atoms with Crippen LogP contribution in [-0.4, -0.2) is 47.9 Å². The number of esters is 1. The molecule has 0 spiro atoms. The van der Waals surface area contributed by atoms with Crippen LogP contribution >= 0.6 is 0 Å². The predicted molar refractivity (Wildman–Crippen MR) is 119 cm³/mol. The molecule has 0 radical (unpaired) electrons. The van der Waals surface area contributed by atoms with Crippen molar-refractivity contribution in [2.45, 2.75) is 105 Å². The van der Waals surface area contributed by atoms with Gasteiger partial charge in [-0.15, -0.1) is 0 Å². The van der Waals surface area contributed by atoms with Crippen LogP contribution in [0.25, 0.3) is 0 Å². The van der Waals surface area contributed by atoms with Crippen LogP contribution < -0.4 is 16.0 Å². The first kappa shape index (κ1) is 26.9. The van der Waals surface area contributed by atoms with Crippen LogP contribution in [0.15, 0.2) is 0 Å². The average Bonchev–Trinajstić information content (AvgIpc) is 2.67. The van der Waals surface area contributed by atoms with Gasteiger partial charge in [0.2, 0.25) is 17.7 Å². The summed E-state index contributed by atoms with van der Waals surface area (Å²) in [5.41, 5.74) is 0. The van der Waals surface area contributed by atoms with Gasteiger partial charge in [0.15, 0.2) is 0 Å². The Morgan fingerprint density at radius 1 is 0.968 bits per heavy atom. The lowest BCUT2D eigenvalue weighted by Gasteiger charge is -2.27.